The Morgan fingerprint density at radius 1 is 0.684 bits per heavy atom. The topological polar surface area (TPSA) is 170 Å². The fourth-order valence-electron chi connectivity index (χ4n) is 4.87. The van der Waals surface area contributed by atoms with Gasteiger partial charge in [-0.05, 0) is 46.5 Å². The van der Waals surface area contributed by atoms with Crippen molar-refractivity contribution in [1.82, 2.24) is 4.57 Å². The second kappa shape index (κ2) is 9.87. The van der Waals surface area contributed by atoms with Crippen LogP contribution in [-0.2, 0) is 6.54 Å². The van der Waals surface area contributed by atoms with Gasteiger partial charge in [0.2, 0.25) is 0 Å². The van der Waals surface area contributed by atoms with E-state index in [4.69, 9.17) is 23.2 Å². The molecule has 0 atom stereocenters. The van der Waals surface area contributed by atoms with Gasteiger partial charge in [0.1, 0.15) is 0 Å². The normalized spacial score (nSPS) is 11.1. The van der Waals surface area contributed by atoms with Crippen LogP contribution in [0.1, 0.15) is 0 Å². The van der Waals surface area contributed by atoms with Crippen molar-refractivity contribution in [3.8, 4) is 22.3 Å². The zero-order valence-electron chi connectivity index (χ0n) is 20.4. The predicted molar refractivity (Wildman–Crippen MR) is 150 cm³/mol. The molecule has 4 amide bonds. The standard InChI is InChI=1S/C28H27N7O3/c29-27(37)34(31)19-13-21(17-7-3-1-4-8-17)25-23(15-19)33(11-12-36)24-16-20(35(32)28(30)38)14-22(26(24)25)18-9-5-2-6-10-18/h1-10,13-16,36H,11-12,31-32H2,(H2,29,37)(H2,30,38). The molecule has 0 bridgehead atoms. The summed E-state index contributed by atoms with van der Waals surface area (Å²) in [5, 5.41) is 13.5. The van der Waals surface area contributed by atoms with E-state index in [2.05, 4.69) is 0 Å². The molecule has 5 aromatic rings. The number of carbonyl (C=O) groups is 2. The van der Waals surface area contributed by atoms with Gasteiger partial charge in [0.25, 0.3) is 0 Å². The highest BCUT2D eigenvalue weighted by molar-refractivity contribution is 6.22. The first-order valence-corrected chi connectivity index (χ1v) is 11.9. The van der Waals surface area contributed by atoms with Crippen LogP contribution in [0.2, 0.25) is 0 Å². The number of aromatic nitrogens is 1. The predicted octanol–water partition coefficient (Wildman–Crippen LogP) is 3.64. The summed E-state index contributed by atoms with van der Waals surface area (Å²) in [6.45, 7) is 0.0522. The van der Waals surface area contributed by atoms with E-state index in [-0.39, 0.29) is 13.2 Å². The van der Waals surface area contributed by atoms with Gasteiger partial charge in [-0.1, -0.05) is 60.7 Å². The highest BCUT2D eigenvalue weighted by Crippen LogP contribution is 2.45. The molecule has 38 heavy (non-hydrogen) atoms. The molecule has 0 saturated carbocycles. The highest BCUT2D eigenvalue weighted by atomic mass is 16.3. The van der Waals surface area contributed by atoms with Crippen LogP contribution in [0.5, 0.6) is 0 Å². The van der Waals surface area contributed by atoms with E-state index in [0.717, 1.165) is 43.0 Å². The number of amides is 4. The molecule has 0 aliphatic carbocycles. The molecular weight excluding hydrogens is 482 g/mol. The quantitative estimate of drug-likeness (QED) is 0.133. The number of hydrazine groups is 2. The molecule has 0 aliphatic heterocycles. The van der Waals surface area contributed by atoms with Crippen LogP contribution in [-0.4, -0.2) is 28.3 Å². The van der Waals surface area contributed by atoms with Gasteiger partial charge in [0.15, 0.2) is 0 Å². The van der Waals surface area contributed by atoms with Crippen molar-refractivity contribution in [3.63, 3.8) is 0 Å². The van der Waals surface area contributed by atoms with E-state index in [1.807, 2.05) is 77.4 Å². The molecule has 0 saturated heterocycles. The van der Waals surface area contributed by atoms with Gasteiger partial charge in [0, 0.05) is 17.3 Å². The van der Waals surface area contributed by atoms with Crippen LogP contribution in [0.4, 0.5) is 21.0 Å². The summed E-state index contributed by atoms with van der Waals surface area (Å²) >= 11 is 0. The molecule has 5 rings (SSSR count). The van der Waals surface area contributed by atoms with E-state index in [1.165, 1.54) is 0 Å². The second-order valence-corrected chi connectivity index (χ2v) is 8.80. The maximum atomic E-state index is 12.0. The van der Waals surface area contributed by atoms with Crippen molar-refractivity contribution in [2.24, 2.45) is 23.2 Å². The Balaban J connectivity index is 2.02. The largest absolute Gasteiger partial charge is 0.395 e. The average Bonchev–Trinajstić information content (AvgIpc) is 3.25. The fraction of sp³-hybridized carbons (Fsp3) is 0.0714. The molecule has 0 spiro atoms. The lowest BCUT2D eigenvalue weighted by Crippen LogP contribution is -2.41. The minimum atomic E-state index is -0.819. The summed E-state index contributed by atoms with van der Waals surface area (Å²) in [6.07, 6.45) is 0. The molecule has 10 heteroatoms. The van der Waals surface area contributed by atoms with Crippen LogP contribution >= 0.6 is 0 Å². The zero-order chi connectivity index (χ0) is 27.0. The third kappa shape index (κ3) is 4.18. The number of carbonyl (C=O) groups excluding carboxylic acids is 2. The molecule has 0 fully saturated rings. The summed E-state index contributed by atoms with van der Waals surface area (Å²) in [5.74, 6) is 12.1. The van der Waals surface area contributed by atoms with Crippen LogP contribution in [0.15, 0.2) is 84.9 Å². The van der Waals surface area contributed by atoms with Crippen molar-refractivity contribution in [2.75, 3.05) is 16.6 Å². The van der Waals surface area contributed by atoms with Gasteiger partial charge < -0.3 is 21.1 Å². The number of hydrogen-bond donors (Lipinski definition) is 5. The van der Waals surface area contributed by atoms with Gasteiger partial charge in [0.05, 0.1) is 29.0 Å². The lowest BCUT2D eigenvalue weighted by atomic mass is 9.93. The molecule has 0 radical (unpaired) electrons. The summed E-state index contributed by atoms with van der Waals surface area (Å²) in [6, 6.07) is 24.9. The van der Waals surface area contributed by atoms with E-state index >= 15 is 0 Å². The number of primary amides is 2. The van der Waals surface area contributed by atoms with Crippen LogP contribution in [0, 0.1) is 0 Å². The molecule has 4 aromatic carbocycles. The van der Waals surface area contributed by atoms with Gasteiger partial charge in [-0.3, -0.25) is 0 Å². The zero-order valence-corrected chi connectivity index (χ0v) is 20.4. The molecular formula is C28H27N7O3. The lowest BCUT2D eigenvalue weighted by molar-refractivity contribution is 0.253. The Morgan fingerprint density at radius 2 is 1.08 bits per heavy atom. The monoisotopic (exact) mass is 509 g/mol. The number of benzene rings is 4. The third-order valence-electron chi connectivity index (χ3n) is 6.56. The van der Waals surface area contributed by atoms with Crippen molar-refractivity contribution < 1.29 is 14.7 Å². The first-order valence-electron chi connectivity index (χ1n) is 11.9. The number of fused-ring (bicyclic) bond motifs is 3. The maximum Gasteiger partial charge on any atom is 0.333 e. The Kier molecular flexibility index (Phi) is 6.43. The molecule has 10 nitrogen and oxygen atoms in total. The van der Waals surface area contributed by atoms with E-state index in [9.17, 15) is 14.7 Å². The summed E-state index contributed by atoms with van der Waals surface area (Å²) in [5.41, 5.74) is 16.6. The van der Waals surface area contributed by atoms with Gasteiger partial charge in [-0.25, -0.2) is 31.3 Å². The molecule has 9 N–H and O–H groups in total. The number of rotatable bonds is 6. The van der Waals surface area contributed by atoms with Gasteiger partial charge >= 0.3 is 12.1 Å². The molecule has 192 valence electrons. The van der Waals surface area contributed by atoms with Crippen LogP contribution < -0.4 is 33.2 Å². The fourth-order valence-corrected chi connectivity index (χ4v) is 4.87. The first-order chi connectivity index (χ1) is 18.3. The minimum Gasteiger partial charge on any atom is -0.395 e. The molecule has 0 unspecified atom stereocenters. The van der Waals surface area contributed by atoms with E-state index in [1.54, 1.807) is 12.1 Å². The Hall–Kier alpha value is -4.90. The van der Waals surface area contributed by atoms with Gasteiger partial charge in [-0.2, -0.15) is 0 Å². The number of aliphatic hydroxyl groups is 1. The second-order valence-electron chi connectivity index (χ2n) is 8.80. The number of anilines is 2. The van der Waals surface area contributed by atoms with E-state index in [0.29, 0.717) is 22.4 Å². The number of urea groups is 2. The Bertz CT molecular complexity index is 1550. The van der Waals surface area contributed by atoms with E-state index < -0.39 is 12.1 Å². The Labute approximate surface area is 218 Å². The van der Waals surface area contributed by atoms with Crippen molar-refractivity contribution >= 4 is 45.2 Å². The third-order valence-corrected chi connectivity index (χ3v) is 6.56. The number of aliphatic hydroxyl groups excluding tert-OH is 1. The first kappa shape index (κ1) is 24.8. The molecule has 0 aliphatic rings. The maximum absolute atomic E-state index is 12.0. The molecule has 1 aromatic heterocycles. The summed E-state index contributed by atoms with van der Waals surface area (Å²) in [7, 11) is 0. The number of nitrogens with two attached hydrogens (primary N) is 4. The van der Waals surface area contributed by atoms with Crippen molar-refractivity contribution in [2.45, 2.75) is 6.54 Å². The number of nitrogens with zero attached hydrogens (tertiary/aromatic N) is 3. The number of hydrogen-bond acceptors (Lipinski definition) is 5. The minimum absolute atomic E-state index is 0.168. The summed E-state index contributed by atoms with van der Waals surface area (Å²) < 4.78 is 1.90. The lowest BCUT2D eigenvalue weighted by Gasteiger charge is -2.17. The smallest absolute Gasteiger partial charge is 0.333 e. The average molecular weight is 510 g/mol. The van der Waals surface area contributed by atoms with Crippen LogP contribution in [0.25, 0.3) is 44.1 Å². The van der Waals surface area contributed by atoms with Crippen LogP contribution in [0.3, 0.4) is 0 Å². The molecule has 1 heterocycles. The highest BCUT2D eigenvalue weighted by Gasteiger charge is 2.23. The Morgan fingerprint density at radius 3 is 1.42 bits per heavy atom. The van der Waals surface area contributed by atoms with Crippen molar-refractivity contribution in [1.29, 1.82) is 0 Å². The summed E-state index contributed by atoms with van der Waals surface area (Å²) in [4.78, 5) is 24.0. The van der Waals surface area contributed by atoms with Gasteiger partial charge in [-0.15, -0.1) is 0 Å². The SMILES string of the molecule is NC(=O)N(N)c1cc(-c2ccccc2)c2c3c(-c4ccccc4)cc(N(N)C(N)=O)cc3n(CCO)c2c1. The van der Waals surface area contributed by atoms with Crippen molar-refractivity contribution in [3.05, 3.63) is 84.9 Å².